The van der Waals surface area contributed by atoms with Gasteiger partial charge in [0, 0.05) is 44.5 Å². The molecule has 0 aliphatic carbocycles. The number of piperazine rings is 1. The molecule has 0 unspecified atom stereocenters. The lowest BCUT2D eigenvalue weighted by atomic mass is 10.1. The summed E-state index contributed by atoms with van der Waals surface area (Å²) in [6.45, 7) is 8.35. The molecule has 1 saturated heterocycles. The number of hydrogen-bond donors (Lipinski definition) is 2. The van der Waals surface area contributed by atoms with Crippen molar-refractivity contribution in [3.63, 3.8) is 0 Å². The van der Waals surface area contributed by atoms with Crippen LogP contribution in [0, 0.1) is 0 Å². The molecule has 2 aromatic heterocycles. The number of sulfonamides is 1. The van der Waals surface area contributed by atoms with E-state index in [-0.39, 0.29) is 5.75 Å². The summed E-state index contributed by atoms with van der Waals surface area (Å²) in [5, 5.41) is 4.44. The van der Waals surface area contributed by atoms with Crippen molar-refractivity contribution in [2.75, 3.05) is 60.5 Å². The van der Waals surface area contributed by atoms with Gasteiger partial charge in [0.1, 0.15) is 0 Å². The van der Waals surface area contributed by atoms with Gasteiger partial charge < -0.3 is 15.1 Å². The molecular weight excluding hydrogens is 518 g/mol. The smallest absolute Gasteiger partial charge is 0.232 e. The van der Waals surface area contributed by atoms with Gasteiger partial charge in [-0.1, -0.05) is 48.9 Å². The Hall–Kier alpha value is -2.47. The number of nitrogens with one attached hydrogen (secondary N) is 2. The molecule has 4 rings (SSSR count). The quantitative estimate of drug-likeness (QED) is 0.377. The minimum Gasteiger partial charge on any atom is -0.354 e. The third-order valence-electron chi connectivity index (χ3n) is 5.80. The summed E-state index contributed by atoms with van der Waals surface area (Å²) in [7, 11) is -1.38. The zero-order valence-corrected chi connectivity index (χ0v) is 23.2. The Morgan fingerprint density at radius 1 is 1.08 bits per heavy atom. The number of likely N-dealkylation sites (N-methyl/N-ethyl adjacent to an activating group) is 1. The van der Waals surface area contributed by atoms with E-state index in [9.17, 15) is 8.42 Å². The predicted molar refractivity (Wildman–Crippen MR) is 150 cm³/mol. The summed E-state index contributed by atoms with van der Waals surface area (Å²) < 4.78 is 27.5. The highest BCUT2D eigenvalue weighted by Crippen LogP contribution is 2.44. The summed E-state index contributed by atoms with van der Waals surface area (Å²) in [5.41, 5.74) is 2.41. The first kappa shape index (κ1) is 26.6. The molecule has 1 aliphatic rings. The highest BCUT2D eigenvalue weighted by atomic mass is 35.5. The first-order valence-corrected chi connectivity index (χ1v) is 15.0. The lowest BCUT2D eigenvalue weighted by Crippen LogP contribution is -2.44. The van der Waals surface area contributed by atoms with E-state index >= 15 is 0 Å². The molecule has 1 aromatic carbocycles. The van der Waals surface area contributed by atoms with Gasteiger partial charge in [-0.15, -0.1) is 0 Å². The van der Waals surface area contributed by atoms with Gasteiger partial charge in [-0.3, -0.25) is 4.72 Å². The summed E-state index contributed by atoms with van der Waals surface area (Å²) in [6.07, 6.45) is 3.21. The van der Waals surface area contributed by atoms with Crippen LogP contribution in [-0.4, -0.2) is 73.8 Å². The van der Waals surface area contributed by atoms with Gasteiger partial charge in [-0.25, -0.2) is 23.4 Å². The first-order valence-electron chi connectivity index (χ1n) is 12.1. The molecule has 1 aliphatic heterocycles. The Balaban J connectivity index is 1.79. The molecule has 9 nitrogen and oxygen atoms in total. The fraction of sp³-hybridized carbons (Fsp3) is 0.458. The zero-order chi connectivity index (χ0) is 25.7. The maximum absolute atomic E-state index is 12.4. The van der Waals surface area contributed by atoms with E-state index < -0.39 is 10.0 Å². The summed E-state index contributed by atoms with van der Waals surface area (Å²) in [6, 6.07) is 7.19. The lowest BCUT2D eigenvalue weighted by Gasteiger charge is -2.32. The number of benzene rings is 1. The monoisotopic (exact) mass is 549 g/mol. The largest absolute Gasteiger partial charge is 0.354 e. The molecule has 0 radical (unpaired) electrons. The lowest BCUT2D eigenvalue weighted by molar-refractivity contribution is 0.313. The van der Waals surface area contributed by atoms with E-state index in [1.807, 2.05) is 19.1 Å². The molecule has 0 atom stereocenters. The van der Waals surface area contributed by atoms with Gasteiger partial charge in [0.2, 0.25) is 16.0 Å². The summed E-state index contributed by atoms with van der Waals surface area (Å²) in [5.74, 6) is 0.583. The van der Waals surface area contributed by atoms with E-state index in [4.69, 9.17) is 21.6 Å². The molecule has 0 saturated carbocycles. The molecule has 0 bridgehead atoms. The number of aromatic nitrogens is 3. The fourth-order valence-corrected chi connectivity index (χ4v) is 6.45. The van der Waals surface area contributed by atoms with Crippen LogP contribution in [0.3, 0.4) is 0 Å². The van der Waals surface area contributed by atoms with Crippen LogP contribution in [-0.2, 0) is 10.0 Å². The first-order chi connectivity index (χ1) is 17.3. The highest BCUT2D eigenvalue weighted by molar-refractivity contribution is 7.92. The van der Waals surface area contributed by atoms with Crippen molar-refractivity contribution in [3.05, 3.63) is 35.5 Å². The van der Waals surface area contributed by atoms with Crippen molar-refractivity contribution in [1.29, 1.82) is 0 Å². The highest BCUT2D eigenvalue weighted by Gasteiger charge is 2.25. The third-order valence-corrected chi connectivity index (χ3v) is 8.83. The van der Waals surface area contributed by atoms with Gasteiger partial charge in [-0.2, -0.15) is 0 Å². The minimum atomic E-state index is -3.49. The number of thiazole rings is 1. The van der Waals surface area contributed by atoms with Crippen molar-refractivity contribution in [2.45, 2.75) is 26.7 Å². The van der Waals surface area contributed by atoms with Crippen LogP contribution in [0.1, 0.15) is 26.7 Å². The second kappa shape index (κ2) is 11.7. The van der Waals surface area contributed by atoms with Crippen molar-refractivity contribution < 1.29 is 8.42 Å². The molecule has 3 aromatic rings. The van der Waals surface area contributed by atoms with Crippen LogP contribution in [0.4, 0.5) is 16.8 Å². The van der Waals surface area contributed by atoms with Gasteiger partial charge in [0.15, 0.2) is 5.13 Å². The summed E-state index contributed by atoms with van der Waals surface area (Å²) in [4.78, 5) is 19.5. The van der Waals surface area contributed by atoms with Gasteiger partial charge >= 0.3 is 0 Å². The predicted octanol–water partition coefficient (Wildman–Crippen LogP) is 4.65. The zero-order valence-electron chi connectivity index (χ0n) is 20.8. The van der Waals surface area contributed by atoms with Crippen molar-refractivity contribution in [2.24, 2.45) is 0 Å². The topological polar surface area (TPSA) is 103 Å². The van der Waals surface area contributed by atoms with E-state index in [1.54, 1.807) is 29.7 Å². The number of anilines is 3. The van der Waals surface area contributed by atoms with Crippen molar-refractivity contribution in [1.82, 2.24) is 19.9 Å². The maximum atomic E-state index is 12.4. The van der Waals surface area contributed by atoms with Crippen LogP contribution in [0.15, 0.2) is 30.5 Å². The van der Waals surface area contributed by atoms with Crippen molar-refractivity contribution in [3.8, 4) is 21.8 Å². The molecule has 194 valence electrons. The SMILES string of the molecule is CCCNc1nccc(-c2sc(N3CCN(C)CC3)nc2-c2cccc(NS(=O)(=O)CCC)c2Cl)n1. The Morgan fingerprint density at radius 3 is 2.58 bits per heavy atom. The van der Waals surface area contributed by atoms with Crippen LogP contribution in [0.5, 0.6) is 0 Å². The Bertz CT molecular complexity index is 1290. The minimum absolute atomic E-state index is 0.0253. The van der Waals surface area contributed by atoms with E-state index in [1.165, 1.54) is 0 Å². The second-order valence-electron chi connectivity index (χ2n) is 8.74. The molecule has 0 amide bonds. The number of nitrogens with zero attached hydrogens (tertiary/aromatic N) is 5. The molecule has 3 heterocycles. The van der Waals surface area contributed by atoms with Gasteiger partial charge in [0.25, 0.3) is 0 Å². The average molecular weight is 550 g/mol. The van der Waals surface area contributed by atoms with Crippen LogP contribution >= 0.6 is 22.9 Å². The van der Waals surface area contributed by atoms with Crippen LogP contribution < -0.4 is 14.9 Å². The standard InChI is InChI=1S/C24H32ClN7O2S2/c1-4-10-26-23-27-11-9-19(28-23)22-21(29-24(35-22)32-14-12-31(3)13-15-32)17-7-6-8-18(20(17)25)30-36(33,34)16-5-2/h6-9,11,30H,4-5,10,12-16H2,1-3H3,(H,26,27,28). The number of rotatable bonds is 10. The second-order valence-corrected chi connectivity index (χ2v) is 11.9. The fourth-order valence-electron chi connectivity index (χ4n) is 3.89. The van der Waals surface area contributed by atoms with E-state index in [0.717, 1.165) is 54.8 Å². The average Bonchev–Trinajstić information content (AvgIpc) is 3.30. The molecular formula is C24H32ClN7O2S2. The Labute approximate surface area is 222 Å². The molecule has 2 N–H and O–H groups in total. The van der Waals surface area contributed by atoms with Gasteiger partial charge in [-0.05, 0) is 32.0 Å². The maximum Gasteiger partial charge on any atom is 0.232 e. The summed E-state index contributed by atoms with van der Waals surface area (Å²) >= 11 is 8.36. The molecule has 12 heteroatoms. The van der Waals surface area contributed by atoms with Crippen molar-refractivity contribution >= 4 is 49.7 Å². The third kappa shape index (κ3) is 6.26. The number of halogens is 1. The Kier molecular flexibility index (Phi) is 8.66. The Morgan fingerprint density at radius 2 is 1.86 bits per heavy atom. The van der Waals surface area contributed by atoms with Gasteiger partial charge in [0.05, 0.1) is 32.7 Å². The number of hydrogen-bond acceptors (Lipinski definition) is 9. The molecule has 1 fully saturated rings. The van der Waals surface area contributed by atoms with Crippen LogP contribution in [0.25, 0.3) is 21.8 Å². The molecule has 36 heavy (non-hydrogen) atoms. The normalized spacial score (nSPS) is 14.7. The molecule has 0 spiro atoms. The van der Waals surface area contributed by atoms with Crippen LogP contribution in [0.2, 0.25) is 5.02 Å². The van der Waals surface area contributed by atoms with E-state index in [2.05, 4.69) is 38.8 Å². The van der Waals surface area contributed by atoms with E-state index in [0.29, 0.717) is 34.3 Å².